The number of fused-ring (bicyclic) bond motifs is 1. The third-order valence-corrected chi connectivity index (χ3v) is 6.04. The molecule has 4 rings (SSSR count). The Morgan fingerprint density at radius 3 is 2.41 bits per heavy atom. The maximum absolute atomic E-state index is 12.6. The third-order valence-electron chi connectivity index (χ3n) is 6.04. The van der Waals surface area contributed by atoms with Crippen LogP contribution in [0.5, 0.6) is 23.0 Å². The molecule has 3 amide bonds. The van der Waals surface area contributed by atoms with E-state index >= 15 is 0 Å². The maximum Gasteiger partial charge on any atom is 0.329 e. The fraction of sp³-hybridized carbons (Fsp3) is 0.267. The topological polar surface area (TPSA) is 137 Å². The first-order chi connectivity index (χ1) is 19.7. The molecule has 3 N–H and O–H groups in total. The Hall–Kier alpha value is -5.06. The summed E-state index contributed by atoms with van der Waals surface area (Å²) >= 11 is 0. The number of amides is 3. The van der Waals surface area contributed by atoms with Gasteiger partial charge in [-0.05, 0) is 80.3 Å². The second-order valence-electron chi connectivity index (χ2n) is 9.32. The number of anilines is 1. The summed E-state index contributed by atoms with van der Waals surface area (Å²) in [6.07, 6.45) is 1.37. The van der Waals surface area contributed by atoms with E-state index in [0.717, 1.165) is 27.9 Å². The van der Waals surface area contributed by atoms with Crippen molar-refractivity contribution >= 4 is 29.6 Å². The first-order valence-electron chi connectivity index (χ1n) is 13.0. The lowest BCUT2D eigenvalue weighted by atomic mass is 10.1. The Bertz CT molecular complexity index is 1460. The van der Waals surface area contributed by atoms with E-state index in [0.29, 0.717) is 35.2 Å². The normalized spacial score (nSPS) is 11.7. The summed E-state index contributed by atoms with van der Waals surface area (Å²) in [6.45, 7) is 8.16. The Balaban J connectivity index is 1.28. The van der Waals surface area contributed by atoms with Crippen molar-refractivity contribution in [1.29, 1.82) is 0 Å². The van der Waals surface area contributed by atoms with Gasteiger partial charge in [0.25, 0.3) is 5.91 Å². The largest absolute Gasteiger partial charge is 0.490 e. The van der Waals surface area contributed by atoms with Crippen LogP contribution in [0.25, 0.3) is 0 Å². The van der Waals surface area contributed by atoms with Gasteiger partial charge in [-0.2, -0.15) is 5.10 Å². The highest BCUT2D eigenvalue weighted by molar-refractivity contribution is 6.35. The first-order valence-corrected chi connectivity index (χ1v) is 13.0. The van der Waals surface area contributed by atoms with Crippen molar-refractivity contribution in [3.63, 3.8) is 0 Å². The van der Waals surface area contributed by atoms with E-state index in [9.17, 15) is 14.4 Å². The molecule has 11 nitrogen and oxygen atoms in total. The minimum Gasteiger partial charge on any atom is -0.490 e. The van der Waals surface area contributed by atoms with Crippen molar-refractivity contribution in [2.75, 3.05) is 25.3 Å². The summed E-state index contributed by atoms with van der Waals surface area (Å²) in [5, 5.41) is 9.29. The number of aryl methyl sites for hydroxylation is 3. The van der Waals surface area contributed by atoms with Crippen molar-refractivity contribution in [2.24, 2.45) is 5.10 Å². The van der Waals surface area contributed by atoms with Crippen LogP contribution in [0.2, 0.25) is 0 Å². The van der Waals surface area contributed by atoms with E-state index in [-0.39, 0.29) is 25.9 Å². The third kappa shape index (κ3) is 7.75. The van der Waals surface area contributed by atoms with Crippen LogP contribution in [0.1, 0.15) is 34.7 Å². The van der Waals surface area contributed by atoms with E-state index in [1.165, 1.54) is 6.21 Å². The van der Waals surface area contributed by atoms with Crippen LogP contribution in [0.3, 0.4) is 0 Å². The van der Waals surface area contributed by atoms with Gasteiger partial charge in [-0.25, -0.2) is 5.43 Å². The molecule has 0 aromatic heterocycles. The van der Waals surface area contributed by atoms with Crippen LogP contribution in [0.4, 0.5) is 5.69 Å². The zero-order valence-electron chi connectivity index (χ0n) is 23.3. The molecule has 214 valence electrons. The van der Waals surface area contributed by atoms with Gasteiger partial charge in [0, 0.05) is 12.2 Å². The van der Waals surface area contributed by atoms with Gasteiger partial charge in [0.15, 0.2) is 29.6 Å². The molecule has 0 saturated carbocycles. The predicted molar refractivity (Wildman–Crippen MR) is 153 cm³/mol. The van der Waals surface area contributed by atoms with Crippen molar-refractivity contribution in [3.05, 3.63) is 76.3 Å². The van der Waals surface area contributed by atoms with E-state index in [2.05, 4.69) is 21.2 Å². The molecule has 1 aliphatic heterocycles. The fourth-order valence-electron chi connectivity index (χ4n) is 4.22. The van der Waals surface area contributed by atoms with Crippen molar-refractivity contribution in [3.8, 4) is 23.0 Å². The van der Waals surface area contributed by atoms with Crippen LogP contribution in [-0.2, 0) is 20.9 Å². The molecule has 1 aliphatic rings. The summed E-state index contributed by atoms with van der Waals surface area (Å²) in [7, 11) is 0. The molecule has 0 unspecified atom stereocenters. The highest BCUT2D eigenvalue weighted by Gasteiger charge is 2.16. The number of benzene rings is 3. The van der Waals surface area contributed by atoms with Gasteiger partial charge in [0.05, 0.1) is 12.8 Å². The number of nitrogens with zero attached hydrogens (tertiary/aromatic N) is 1. The molecule has 0 fully saturated rings. The molecule has 0 radical (unpaired) electrons. The summed E-state index contributed by atoms with van der Waals surface area (Å²) in [6, 6.07) is 14.2. The molecule has 41 heavy (non-hydrogen) atoms. The number of nitrogens with one attached hydrogen (secondary N) is 3. The summed E-state index contributed by atoms with van der Waals surface area (Å²) in [5.41, 5.74) is 7.38. The van der Waals surface area contributed by atoms with Crippen molar-refractivity contribution < 1.29 is 33.3 Å². The van der Waals surface area contributed by atoms with E-state index in [1.54, 1.807) is 36.4 Å². The van der Waals surface area contributed by atoms with Crippen LogP contribution >= 0.6 is 0 Å². The SMILES string of the molecule is CCOc1cc(/C=N\NC(=O)C(=O)NCc2ccc3c(c2)OCO3)ccc1OCC(=O)Nc1c(C)cc(C)cc1C. The second kappa shape index (κ2) is 13.3. The molecule has 0 aliphatic carbocycles. The zero-order valence-corrected chi connectivity index (χ0v) is 23.3. The molecular weight excluding hydrogens is 528 g/mol. The number of hydrogen-bond donors (Lipinski definition) is 3. The van der Waals surface area contributed by atoms with Gasteiger partial charge in [0.2, 0.25) is 6.79 Å². The monoisotopic (exact) mass is 560 g/mol. The van der Waals surface area contributed by atoms with Crippen molar-refractivity contribution in [1.82, 2.24) is 10.7 Å². The van der Waals surface area contributed by atoms with Crippen LogP contribution < -0.4 is 35.0 Å². The first kappa shape index (κ1) is 28.9. The van der Waals surface area contributed by atoms with Gasteiger partial charge in [-0.3, -0.25) is 14.4 Å². The molecule has 11 heteroatoms. The maximum atomic E-state index is 12.6. The zero-order chi connectivity index (χ0) is 29.4. The molecule has 0 bridgehead atoms. The van der Waals surface area contributed by atoms with Gasteiger partial charge in [-0.15, -0.1) is 0 Å². The minimum atomic E-state index is -0.919. The number of ether oxygens (including phenoxy) is 4. The van der Waals surface area contributed by atoms with Gasteiger partial charge in [-0.1, -0.05) is 23.8 Å². The molecule has 0 spiro atoms. The number of hydrogen-bond acceptors (Lipinski definition) is 8. The minimum absolute atomic E-state index is 0.133. The quantitative estimate of drug-likeness (QED) is 0.196. The van der Waals surface area contributed by atoms with Crippen LogP contribution in [0, 0.1) is 20.8 Å². The van der Waals surface area contributed by atoms with Crippen LogP contribution in [-0.4, -0.2) is 43.9 Å². The number of hydrazone groups is 1. The lowest BCUT2D eigenvalue weighted by Crippen LogP contribution is -2.37. The Morgan fingerprint density at radius 1 is 0.902 bits per heavy atom. The van der Waals surface area contributed by atoms with Gasteiger partial charge < -0.3 is 29.6 Å². The number of rotatable bonds is 10. The highest BCUT2D eigenvalue weighted by atomic mass is 16.7. The molecule has 3 aromatic carbocycles. The fourth-order valence-corrected chi connectivity index (χ4v) is 4.22. The second-order valence-corrected chi connectivity index (χ2v) is 9.32. The summed E-state index contributed by atoms with van der Waals surface area (Å²) in [4.78, 5) is 36.9. The van der Waals surface area contributed by atoms with Crippen LogP contribution in [0.15, 0.2) is 53.6 Å². The lowest BCUT2D eigenvalue weighted by Gasteiger charge is -2.15. The summed E-state index contributed by atoms with van der Waals surface area (Å²) in [5.74, 6) is -0.0573. The summed E-state index contributed by atoms with van der Waals surface area (Å²) < 4.78 is 22.0. The van der Waals surface area contributed by atoms with Crippen molar-refractivity contribution in [2.45, 2.75) is 34.2 Å². The standard InChI is InChI=1S/C30H32N4O7/c1-5-38-25-13-22(7-8-23(25)39-16-27(35)33-28-19(3)10-18(2)11-20(28)4)15-32-34-30(37)29(36)31-14-21-6-9-24-26(12-21)41-17-40-24/h6-13,15H,5,14,16-17H2,1-4H3,(H,31,36)(H,33,35)(H,34,37)/b32-15-. The Labute approximate surface area is 237 Å². The van der Waals surface area contributed by atoms with E-state index in [4.69, 9.17) is 18.9 Å². The average Bonchev–Trinajstić information content (AvgIpc) is 3.41. The van der Waals surface area contributed by atoms with E-state index < -0.39 is 11.8 Å². The predicted octanol–water partition coefficient (Wildman–Crippen LogP) is 3.52. The Morgan fingerprint density at radius 2 is 1.66 bits per heavy atom. The van der Waals surface area contributed by atoms with Gasteiger partial charge in [0.1, 0.15) is 0 Å². The molecule has 0 atom stereocenters. The molecule has 1 heterocycles. The Kier molecular flexibility index (Phi) is 9.41. The van der Waals surface area contributed by atoms with E-state index in [1.807, 2.05) is 39.8 Å². The number of carbonyl (C=O) groups is 3. The molecule has 3 aromatic rings. The molecular formula is C30H32N4O7. The highest BCUT2D eigenvalue weighted by Crippen LogP contribution is 2.32. The van der Waals surface area contributed by atoms with Gasteiger partial charge >= 0.3 is 11.8 Å². The number of carbonyl (C=O) groups excluding carboxylic acids is 3. The average molecular weight is 561 g/mol. The lowest BCUT2D eigenvalue weighted by molar-refractivity contribution is -0.139. The molecule has 0 saturated heterocycles. The smallest absolute Gasteiger partial charge is 0.329 e.